The third kappa shape index (κ3) is 6.11. The zero-order valence-corrected chi connectivity index (χ0v) is 21.5. The topological polar surface area (TPSA) is 133 Å². The van der Waals surface area contributed by atoms with Gasteiger partial charge in [-0.05, 0) is 32.4 Å². The minimum Gasteiger partial charge on any atom is -0.348 e. The van der Waals surface area contributed by atoms with Gasteiger partial charge in [-0.3, -0.25) is 14.8 Å². The van der Waals surface area contributed by atoms with Crippen molar-refractivity contribution in [1.29, 1.82) is 0 Å². The Bertz CT molecular complexity index is 1390. The molecule has 0 radical (unpaired) electrons. The highest BCUT2D eigenvalue weighted by atomic mass is 19.1. The van der Waals surface area contributed by atoms with Crippen molar-refractivity contribution in [3.63, 3.8) is 0 Å². The van der Waals surface area contributed by atoms with Crippen molar-refractivity contribution in [2.75, 3.05) is 42.9 Å². The number of hydrogen-bond donors (Lipinski definition) is 3. The second-order valence-corrected chi connectivity index (χ2v) is 9.36. The van der Waals surface area contributed by atoms with Crippen LogP contribution in [0.2, 0.25) is 0 Å². The highest BCUT2D eigenvalue weighted by Gasteiger charge is 2.22. The molecule has 1 atom stereocenters. The first-order valence-electron chi connectivity index (χ1n) is 12.4. The van der Waals surface area contributed by atoms with Crippen molar-refractivity contribution in [3.8, 4) is 5.82 Å². The molecule has 4 aromatic rings. The smallest absolute Gasteiger partial charge is 0.234 e. The highest BCUT2D eigenvalue weighted by Crippen LogP contribution is 2.19. The van der Waals surface area contributed by atoms with Gasteiger partial charge in [-0.25, -0.2) is 19.0 Å². The predicted molar refractivity (Wildman–Crippen MR) is 140 cm³/mol. The molecule has 3 N–H and O–H groups in total. The average molecular weight is 520 g/mol. The van der Waals surface area contributed by atoms with Crippen molar-refractivity contribution in [2.45, 2.75) is 26.8 Å². The number of piperazine rings is 1. The first kappa shape index (κ1) is 25.3. The molecule has 0 aromatic carbocycles. The van der Waals surface area contributed by atoms with Crippen LogP contribution in [0, 0.1) is 19.7 Å². The van der Waals surface area contributed by atoms with E-state index in [0.29, 0.717) is 43.0 Å². The number of hydrogen-bond acceptors (Lipinski definition) is 9. The van der Waals surface area contributed by atoms with E-state index in [1.165, 1.54) is 10.9 Å². The van der Waals surface area contributed by atoms with E-state index in [0.717, 1.165) is 36.2 Å². The van der Waals surface area contributed by atoms with Gasteiger partial charge in [-0.2, -0.15) is 15.2 Å². The summed E-state index contributed by atoms with van der Waals surface area (Å²) in [6, 6.07) is 7.17. The van der Waals surface area contributed by atoms with Crippen molar-refractivity contribution in [1.82, 2.24) is 45.1 Å². The Hall–Kier alpha value is -4.39. The summed E-state index contributed by atoms with van der Waals surface area (Å²) in [5.74, 6) is 2.07. The normalized spacial score (nSPS) is 14.9. The molecule has 4 aromatic heterocycles. The Balaban J connectivity index is 1.11. The standard InChI is InChI=1S/C25H30FN11O/c1-16-10-21(31-22-11-17(2)33-34-22)32-25(29-16)36-8-6-35(7-9-36)15-24(38)30-18(3)19-4-5-23(27-12-19)37-14-20(26)13-28-37/h4-5,10-14,18H,6-9,15H2,1-3H3,(H,30,38)(H2,29,31,32,33,34)/t18-/m0/s1. The summed E-state index contributed by atoms with van der Waals surface area (Å²) in [4.78, 5) is 30.6. The van der Waals surface area contributed by atoms with Crippen LogP contribution in [0.4, 0.5) is 22.0 Å². The SMILES string of the molecule is Cc1cc(Nc2cc(C)[nH]n2)nc(N2CCN(CC(=O)N[C@@H](C)c3ccc(-n4cc(F)cn4)nc3)CC2)n1. The number of carbonyl (C=O) groups is 1. The molecule has 1 amide bonds. The fourth-order valence-corrected chi connectivity index (χ4v) is 4.27. The number of rotatable bonds is 8. The molecule has 0 spiro atoms. The zero-order valence-electron chi connectivity index (χ0n) is 21.5. The lowest BCUT2D eigenvalue weighted by Crippen LogP contribution is -2.50. The van der Waals surface area contributed by atoms with Gasteiger partial charge in [0, 0.05) is 55.9 Å². The number of H-pyrrole nitrogens is 1. The maximum absolute atomic E-state index is 13.2. The van der Waals surface area contributed by atoms with Gasteiger partial charge >= 0.3 is 0 Å². The fraction of sp³-hybridized carbons (Fsp3) is 0.360. The molecular formula is C25H30FN11O. The number of aromatic nitrogens is 7. The van der Waals surface area contributed by atoms with Crippen LogP contribution in [-0.2, 0) is 4.79 Å². The molecular weight excluding hydrogens is 489 g/mol. The first-order chi connectivity index (χ1) is 18.3. The van der Waals surface area contributed by atoms with E-state index < -0.39 is 5.82 Å². The molecule has 12 nitrogen and oxygen atoms in total. The minimum absolute atomic E-state index is 0.0586. The molecule has 1 fully saturated rings. The van der Waals surface area contributed by atoms with Gasteiger partial charge in [0.2, 0.25) is 11.9 Å². The number of pyridine rings is 1. The Morgan fingerprint density at radius 1 is 1.11 bits per heavy atom. The van der Waals surface area contributed by atoms with Crippen molar-refractivity contribution >= 4 is 23.5 Å². The Morgan fingerprint density at radius 2 is 1.92 bits per heavy atom. The lowest BCUT2D eigenvalue weighted by molar-refractivity contribution is -0.123. The molecule has 13 heteroatoms. The van der Waals surface area contributed by atoms with Crippen LogP contribution in [0.5, 0.6) is 0 Å². The van der Waals surface area contributed by atoms with Gasteiger partial charge in [0.05, 0.1) is 25.0 Å². The number of nitrogens with zero attached hydrogens (tertiary/aromatic N) is 8. The van der Waals surface area contributed by atoms with Gasteiger partial charge < -0.3 is 15.5 Å². The summed E-state index contributed by atoms with van der Waals surface area (Å²) in [7, 11) is 0. The summed E-state index contributed by atoms with van der Waals surface area (Å²) >= 11 is 0. The van der Waals surface area contributed by atoms with E-state index in [9.17, 15) is 9.18 Å². The maximum Gasteiger partial charge on any atom is 0.234 e. The van der Waals surface area contributed by atoms with E-state index in [2.05, 4.69) is 50.7 Å². The molecule has 1 saturated heterocycles. The van der Waals surface area contributed by atoms with Crippen molar-refractivity contribution < 1.29 is 9.18 Å². The molecule has 5 rings (SSSR count). The molecule has 5 heterocycles. The van der Waals surface area contributed by atoms with E-state index in [1.807, 2.05) is 39.0 Å². The monoisotopic (exact) mass is 519 g/mol. The van der Waals surface area contributed by atoms with Crippen LogP contribution in [0.25, 0.3) is 5.82 Å². The van der Waals surface area contributed by atoms with E-state index in [4.69, 9.17) is 0 Å². The summed E-state index contributed by atoms with van der Waals surface area (Å²) in [6.45, 7) is 8.96. The quantitative estimate of drug-likeness (QED) is 0.321. The molecule has 38 heavy (non-hydrogen) atoms. The van der Waals surface area contributed by atoms with Gasteiger partial charge in [0.1, 0.15) is 5.82 Å². The highest BCUT2D eigenvalue weighted by molar-refractivity contribution is 5.78. The van der Waals surface area contributed by atoms with Crippen LogP contribution >= 0.6 is 0 Å². The molecule has 0 unspecified atom stereocenters. The van der Waals surface area contributed by atoms with Crippen LogP contribution in [0.3, 0.4) is 0 Å². The number of anilines is 3. The van der Waals surface area contributed by atoms with Crippen LogP contribution in [0.1, 0.15) is 29.9 Å². The number of aryl methyl sites for hydroxylation is 2. The summed E-state index contributed by atoms with van der Waals surface area (Å²) < 4.78 is 14.6. The van der Waals surface area contributed by atoms with Gasteiger partial charge in [-0.15, -0.1) is 0 Å². The minimum atomic E-state index is -0.425. The van der Waals surface area contributed by atoms with Gasteiger partial charge in [0.25, 0.3) is 0 Å². The Kier molecular flexibility index (Phi) is 7.26. The molecule has 198 valence electrons. The number of amides is 1. The summed E-state index contributed by atoms with van der Waals surface area (Å²) in [5, 5.41) is 17.3. The predicted octanol–water partition coefficient (Wildman–Crippen LogP) is 2.28. The van der Waals surface area contributed by atoms with E-state index in [-0.39, 0.29) is 11.9 Å². The Labute approximate surface area is 219 Å². The van der Waals surface area contributed by atoms with E-state index in [1.54, 1.807) is 12.3 Å². The number of halogens is 1. The number of aromatic amines is 1. The second kappa shape index (κ2) is 10.9. The average Bonchev–Trinajstić information content (AvgIpc) is 3.51. The van der Waals surface area contributed by atoms with Crippen LogP contribution in [0.15, 0.2) is 42.9 Å². The number of nitrogens with one attached hydrogen (secondary N) is 3. The fourth-order valence-electron chi connectivity index (χ4n) is 4.27. The Morgan fingerprint density at radius 3 is 2.58 bits per heavy atom. The largest absolute Gasteiger partial charge is 0.348 e. The molecule has 1 aliphatic rings. The van der Waals surface area contributed by atoms with Crippen molar-refractivity contribution in [3.05, 3.63) is 65.6 Å². The number of carbonyl (C=O) groups excluding carboxylic acids is 1. The molecule has 0 aliphatic carbocycles. The second-order valence-electron chi connectivity index (χ2n) is 9.36. The first-order valence-corrected chi connectivity index (χ1v) is 12.4. The third-order valence-electron chi connectivity index (χ3n) is 6.26. The molecule has 0 saturated carbocycles. The molecule has 0 bridgehead atoms. The van der Waals surface area contributed by atoms with Crippen molar-refractivity contribution in [2.24, 2.45) is 0 Å². The third-order valence-corrected chi connectivity index (χ3v) is 6.26. The molecule has 1 aliphatic heterocycles. The van der Waals surface area contributed by atoms with Gasteiger partial charge in [-0.1, -0.05) is 6.07 Å². The maximum atomic E-state index is 13.2. The zero-order chi connectivity index (χ0) is 26.6. The lowest BCUT2D eigenvalue weighted by Gasteiger charge is -2.34. The summed E-state index contributed by atoms with van der Waals surface area (Å²) in [5.41, 5.74) is 2.68. The summed E-state index contributed by atoms with van der Waals surface area (Å²) in [6.07, 6.45) is 4.05. The van der Waals surface area contributed by atoms with Crippen LogP contribution in [-0.4, -0.2) is 78.5 Å². The van der Waals surface area contributed by atoms with E-state index >= 15 is 0 Å². The lowest BCUT2D eigenvalue weighted by atomic mass is 10.1. The van der Waals surface area contributed by atoms with Gasteiger partial charge in [0.15, 0.2) is 17.5 Å². The van der Waals surface area contributed by atoms with Crippen LogP contribution < -0.4 is 15.5 Å².